The lowest BCUT2D eigenvalue weighted by atomic mass is 10.1. The number of para-hydroxylation sites is 2. The van der Waals surface area contributed by atoms with Crippen LogP contribution in [0.15, 0.2) is 53.6 Å². The van der Waals surface area contributed by atoms with Gasteiger partial charge in [-0.25, -0.2) is 0 Å². The molecule has 4 nitrogen and oxygen atoms in total. The lowest BCUT2D eigenvalue weighted by Gasteiger charge is -2.02. The maximum absolute atomic E-state index is 12.0. The summed E-state index contributed by atoms with van der Waals surface area (Å²) in [4.78, 5) is 12.0. The lowest BCUT2D eigenvalue weighted by Crippen LogP contribution is -2.14. The van der Waals surface area contributed by atoms with Crippen LogP contribution in [0.3, 0.4) is 0 Å². The minimum absolute atomic E-state index is 0.0149. The molecular formula is C14H9ClN2O2. The van der Waals surface area contributed by atoms with E-state index in [1.165, 1.54) is 0 Å². The number of carbonyl (C=O) groups is 1. The van der Waals surface area contributed by atoms with Gasteiger partial charge < -0.3 is 4.74 Å². The molecule has 0 spiro atoms. The first-order valence-electron chi connectivity index (χ1n) is 5.65. The molecule has 3 rings (SSSR count). The number of hydrogen-bond donors (Lipinski definition) is 1. The number of benzene rings is 2. The molecule has 0 saturated carbocycles. The summed E-state index contributed by atoms with van der Waals surface area (Å²) >= 11 is 5.98. The molecule has 0 aromatic heterocycles. The van der Waals surface area contributed by atoms with E-state index in [2.05, 4.69) is 10.5 Å². The fraction of sp³-hybridized carbons (Fsp3) is 0. The number of carbonyl (C=O) groups excluding carboxylic acids is 1. The molecule has 5 heteroatoms. The summed E-state index contributed by atoms with van der Waals surface area (Å²) in [5.41, 5.74) is 3.86. The number of halogens is 1. The second-order valence-corrected chi connectivity index (χ2v) is 4.34. The van der Waals surface area contributed by atoms with Gasteiger partial charge in [0.25, 0.3) is 11.7 Å². The molecule has 2 aromatic carbocycles. The monoisotopic (exact) mass is 272 g/mol. The van der Waals surface area contributed by atoms with Crippen LogP contribution in [0.4, 0.5) is 5.69 Å². The summed E-state index contributed by atoms with van der Waals surface area (Å²) in [5.74, 6) is 0.295. The third kappa shape index (κ3) is 2.18. The fourth-order valence-electron chi connectivity index (χ4n) is 1.75. The van der Waals surface area contributed by atoms with Crippen molar-refractivity contribution in [3.8, 4) is 5.75 Å². The Bertz CT molecular complexity index is 683. The topological polar surface area (TPSA) is 50.7 Å². The highest BCUT2D eigenvalue weighted by Crippen LogP contribution is 2.26. The molecule has 0 atom stereocenters. The molecular weight excluding hydrogens is 264 g/mol. The van der Waals surface area contributed by atoms with Crippen LogP contribution in [0.2, 0.25) is 5.02 Å². The molecule has 1 heterocycles. The van der Waals surface area contributed by atoms with Gasteiger partial charge in [-0.1, -0.05) is 35.9 Å². The second kappa shape index (κ2) is 4.74. The van der Waals surface area contributed by atoms with Crippen molar-refractivity contribution < 1.29 is 9.53 Å². The van der Waals surface area contributed by atoms with Crippen molar-refractivity contribution in [3.63, 3.8) is 0 Å². The number of fused-ring (bicyclic) bond motifs is 1. The molecule has 0 bridgehead atoms. The number of hydrogen-bond acceptors (Lipinski definition) is 4. The third-order valence-corrected chi connectivity index (χ3v) is 3.01. The van der Waals surface area contributed by atoms with E-state index in [1.807, 2.05) is 12.1 Å². The van der Waals surface area contributed by atoms with E-state index in [0.29, 0.717) is 22.0 Å². The highest BCUT2D eigenvalue weighted by Gasteiger charge is 2.28. The Morgan fingerprint density at radius 2 is 1.79 bits per heavy atom. The van der Waals surface area contributed by atoms with Crippen molar-refractivity contribution in [2.45, 2.75) is 0 Å². The van der Waals surface area contributed by atoms with Gasteiger partial charge in [-0.2, -0.15) is 0 Å². The van der Waals surface area contributed by atoms with Crippen molar-refractivity contribution in [1.29, 1.82) is 0 Å². The number of nitrogens with one attached hydrogen (secondary N) is 1. The zero-order valence-electron chi connectivity index (χ0n) is 9.76. The summed E-state index contributed by atoms with van der Waals surface area (Å²) < 4.78 is 5.38. The second-order valence-electron chi connectivity index (χ2n) is 3.94. The van der Waals surface area contributed by atoms with Gasteiger partial charge in [0.1, 0.15) is 5.75 Å². The molecule has 19 heavy (non-hydrogen) atoms. The lowest BCUT2D eigenvalue weighted by molar-refractivity contribution is 0.106. The van der Waals surface area contributed by atoms with E-state index in [-0.39, 0.29) is 11.7 Å². The van der Waals surface area contributed by atoms with Gasteiger partial charge in [0, 0.05) is 0 Å². The highest BCUT2D eigenvalue weighted by molar-refractivity contribution is 6.46. The van der Waals surface area contributed by atoms with Gasteiger partial charge in [-0.05, 0) is 24.3 Å². The van der Waals surface area contributed by atoms with Crippen LogP contribution >= 0.6 is 11.6 Å². The van der Waals surface area contributed by atoms with Crippen molar-refractivity contribution in [1.82, 2.24) is 0 Å². The smallest absolute Gasteiger partial charge is 0.285 e. The Morgan fingerprint density at radius 1 is 1.05 bits per heavy atom. The maximum Gasteiger partial charge on any atom is 0.285 e. The molecule has 0 unspecified atom stereocenters. The number of hydrazone groups is 1. The Balaban J connectivity index is 1.84. The zero-order valence-corrected chi connectivity index (χ0v) is 10.5. The molecule has 94 valence electrons. The van der Waals surface area contributed by atoms with Crippen LogP contribution in [-0.2, 0) is 0 Å². The van der Waals surface area contributed by atoms with Gasteiger partial charge in [0.2, 0.25) is 0 Å². The molecule has 1 aliphatic heterocycles. The van der Waals surface area contributed by atoms with Crippen LogP contribution in [0, 0.1) is 0 Å². The number of ketones is 1. The number of Topliss-reactive ketones (excluding diaryl/α,β-unsaturated/α-hetero) is 1. The van der Waals surface area contributed by atoms with Crippen molar-refractivity contribution in [2.24, 2.45) is 5.10 Å². The standard InChI is InChI=1S/C14H9ClN2O2/c15-10-6-2-3-7-11(10)16-17-14-13(18)9-5-1-4-8-12(9)19-14/h1-8,16H/b17-14-. The molecule has 1 aliphatic rings. The summed E-state index contributed by atoms with van der Waals surface area (Å²) in [7, 11) is 0. The molecule has 0 radical (unpaired) electrons. The van der Waals surface area contributed by atoms with Crippen LogP contribution in [-0.4, -0.2) is 11.7 Å². The van der Waals surface area contributed by atoms with E-state index in [0.717, 1.165) is 0 Å². The maximum atomic E-state index is 12.0. The highest BCUT2D eigenvalue weighted by atomic mass is 35.5. The Morgan fingerprint density at radius 3 is 2.58 bits per heavy atom. The molecule has 0 saturated heterocycles. The van der Waals surface area contributed by atoms with E-state index in [1.54, 1.807) is 36.4 Å². The predicted molar refractivity (Wildman–Crippen MR) is 73.9 cm³/mol. The van der Waals surface area contributed by atoms with Gasteiger partial charge in [0.05, 0.1) is 16.3 Å². The molecule has 2 aromatic rings. The van der Waals surface area contributed by atoms with Gasteiger partial charge in [0.15, 0.2) is 0 Å². The van der Waals surface area contributed by atoms with Gasteiger partial charge in [-0.3, -0.25) is 10.2 Å². The van der Waals surface area contributed by atoms with E-state index < -0.39 is 0 Å². The molecule has 0 amide bonds. The summed E-state index contributed by atoms with van der Waals surface area (Å²) in [5, 5.41) is 4.48. The summed E-state index contributed by atoms with van der Waals surface area (Å²) in [6.45, 7) is 0. The van der Waals surface area contributed by atoms with Crippen LogP contribution in [0.5, 0.6) is 5.75 Å². The Hall–Kier alpha value is -2.33. The average molecular weight is 273 g/mol. The Labute approximate surface area is 114 Å². The van der Waals surface area contributed by atoms with Crippen molar-refractivity contribution >= 4 is 29.0 Å². The Kier molecular flexibility index (Phi) is 2.93. The zero-order chi connectivity index (χ0) is 13.2. The minimum atomic E-state index is -0.241. The van der Waals surface area contributed by atoms with E-state index >= 15 is 0 Å². The van der Waals surface area contributed by atoms with Gasteiger partial charge >= 0.3 is 0 Å². The average Bonchev–Trinajstić information content (AvgIpc) is 2.75. The summed E-state index contributed by atoms with van der Waals surface area (Å²) in [6.07, 6.45) is 0. The first-order valence-corrected chi connectivity index (χ1v) is 6.03. The van der Waals surface area contributed by atoms with Crippen molar-refractivity contribution in [2.75, 3.05) is 5.43 Å². The van der Waals surface area contributed by atoms with Gasteiger partial charge in [-0.15, -0.1) is 5.10 Å². The molecule has 1 N–H and O–H groups in total. The van der Waals surface area contributed by atoms with Crippen LogP contribution in [0.25, 0.3) is 0 Å². The number of anilines is 1. The first kappa shape index (κ1) is 11.7. The molecule has 0 aliphatic carbocycles. The third-order valence-electron chi connectivity index (χ3n) is 2.68. The largest absolute Gasteiger partial charge is 0.434 e. The number of nitrogens with zero attached hydrogens (tertiary/aromatic N) is 1. The van der Waals surface area contributed by atoms with Crippen LogP contribution in [0.1, 0.15) is 10.4 Å². The number of rotatable bonds is 2. The quantitative estimate of drug-likeness (QED) is 0.853. The van der Waals surface area contributed by atoms with E-state index in [4.69, 9.17) is 16.3 Å². The number of ether oxygens (including phenoxy) is 1. The summed E-state index contributed by atoms with van der Waals surface area (Å²) in [6, 6.07) is 14.1. The first-order chi connectivity index (χ1) is 9.25. The fourth-order valence-corrected chi connectivity index (χ4v) is 1.92. The van der Waals surface area contributed by atoms with E-state index in [9.17, 15) is 4.79 Å². The van der Waals surface area contributed by atoms with Crippen LogP contribution < -0.4 is 10.2 Å². The minimum Gasteiger partial charge on any atom is -0.434 e. The normalized spacial score (nSPS) is 15.2. The van der Waals surface area contributed by atoms with Crippen molar-refractivity contribution in [3.05, 3.63) is 59.1 Å². The predicted octanol–water partition coefficient (Wildman–Crippen LogP) is 3.34. The molecule has 0 fully saturated rings. The SMILES string of the molecule is O=C1/C(=N/Nc2ccccc2Cl)Oc2ccccc21.